The number of benzene rings is 1. The summed E-state index contributed by atoms with van der Waals surface area (Å²) in [6.07, 6.45) is 5.38. The number of oxazole rings is 1. The summed E-state index contributed by atoms with van der Waals surface area (Å²) in [6, 6.07) is 8.99. The Morgan fingerprint density at radius 2 is 1.96 bits per heavy atom. The summed E-state index contributed by atoms with van der Waals surface area (Å²) in [5.41, 5.74) is 1.71. The van der Waals surface area contributed by atoms with Crippen LogP contribution in [0.15, 0.2) is 28.7 Å². The highest BCUT2D eigenvalue weighted by atomic mass is 16.4. The zero-order valence-corrected chi connectivity index (χ0v) is 16.2. The van der Waals surface area contributed by atoms with Gasteiger partial charge in [-0.05, 0) is 57.3 Å². The molecule has 2 fully saturated rings. The normalized spacial score (nSPS) is 20.3. The van der Waals surface area contributed by atoms with Crippen LogP contribution in [-0.4, -0.2) is 54.6 Å². The van der Waals surface area contributed by atoms with Crippen molar-refractivity contribution in [2.75, 3.05) is 37.6 Å². The predicted octanol–water partition coefficient (Wildman–Crippen LogP) is 3.03. The summed E-state index contributed by atoms with van der Waals surface area (Å²) in [5.74, 6) is 0.312. The van der Waals surface area contributed by atoms with Crippen LogP contribution in [0.2, 0.25) is 0 Å². The molecule has 2 aliphatic heterocycles. The van der Waals surface area contributed by atoms with Crippen LogP contribution in [0.25, 0.3) is 11.1 Å². The van der Waals surface area contributed by atoms with E-state index in [2.05, 4.69) is 27.0 Å². The van der Waals surface area contributed by atoms with Crippen LogP contribution in [0.4, 0.5) is 6.01 Å². The molecule has 2 aromatic rings. The molecule has 1 unspecified atom stereocenters. The van der Waals surface area contributed by atoms with Gasteiger partial charge in [0, 0.05) is 31.6 Å². The van der Waals surface area contributed by atoms with Gasteiger partial charge in [-0.1, -0.05) is 19.1 Å². The van der Waals surface area contributed by atoms with Crippen molar-refractivity contribution in [2.45, 2.75) is 45.1 Å². The number of aromatic nitrogens is 1. The highest BCUT2D eigenvalue weighted by Gasteiger charge is 2.28. The molecule has 1 atom stereocenters. The highest BCUT2D eigenvalue weighted by molar-refractivity contribution is 5.79. The molecule has 0 bridgehead atoms. The molecule has 0 aliphatic carbocycles. The predicted molar refractivity (Wildman–Crippen MR) is 107 cm³/mol. The lowest BCUT2D eigenvalue weighted by Crippen LogP contribution is -2.46. The number of para-hydroxylation sites is 2. The number of rotatable bonds is 6. The van der Waals surface area contributed by atoms with Crippen LogP contribution in [0.3, 0.4) is 0 Å². The second-order valence-corrected chi connectivity index (χ2v) is 7.78. The number of amides is 1. The van der Waals surface area contributed by atoms with Crippen molar-refractivity contribution in [3.05, 3.63) is 24.3 Å². The van der Waals surface area contributed by atoms with Crippen LogP contribution in [0.5, 0.6) is 0 Å². The van der Waals surface area contributed by atoms with Crippen molar-refractivity contribution in [3.63, 3.8) is 0 Å². The SMILES string of the molecule is CCC(CNC(=O)C1CCN(c2nc3ccccc3o2)CC1)N1CCCC1. The van der Waals surface area contributed by atoms with Crippen LogP contribution in [0, 0.1) is 5.92 Å². The maximum absolute atomic E-state index is 12.6. The molecule has 0 saturated carbocycles. The Morgan fingerprint density at radius 3 is 2.67 bits per heavy atom. The van der Waals surface area contributed by atoms with Gasteiger partial charge in [0.1, 0.15) is 5.52 Å². The Balaban J connectivity index is 1.27. The first-order chi connectivity index (χ1) is 13.2. The van der Waals surface area contributed by atoms with Crippen molar-refractivity contribution in [3.8, 4) is 0 Å². The first-order valence-electron chi connectivity index (χ1n) is 10.4. The zero-order chi connectivity index (χ0) is 18.6. The standard InChI is InChI=1S/C21H30N4O2/c1-2-17(24-11-5-6-12-24)15-22-20(26)16-9-13-25(14-10-16)21-23-18-7-3-4-8-19(18)27-21/h3-4,7-8,16-17H,2,5-6,9-15H2,1H3,(H,22,26). The zero-order valence-electron chi connectivity index (χ0n) is 16.2. The first kappa shape index (κ1) is 18.3. The maximum atomic E-state index is 12.6. The third-order valence-electron chi connectivity index (χ3n) is 6.06. The molecule has 6 nitrogen and oxygen atoms in total. The number of nitrogens with zero attached hydrogens (tertiary/aromatic N) is 3. The van der Waals surface area contributed by atoms with Gasteiger partial charge in [0.15, 0.2) is 5.58 Å². The van der Waals surface area contributed by atoms with E-state index in [4.69, 9.17) is 4.42 Å². The molecule has 4 rings (SSSR count). The summed E-state index contributed by atoms with van der Waals surface area (Å²) in [4.78, 5) is 21.9. The van der Waals surface area contributed by atoms with Gasteiger partial charge < -0.3 is 14.6 Å². The number of likely N-dealkylation sites (tertiary alicyclic amines) is 1. The minimum absolute atomic E-state index is 0.0988. The van der Waals surface area contributed by atoms with Gasteiger partial charge in [0.05, 0.1) is 0 Å². The van der Waals surface area contributed by atoms with Gasteiger partial charge in [-0.2, -0.15) is 4.98 Å². The van der Waals surface area contributed by atoms with Crippen molar-refractivity contribution in [1.82, 2.24) is 15.2 Å². The van der Waals surface area contributed by atoms with E-state index >= 15 is 0 Å². The summed E-state index contributed by atoms with van der Waals surface area (Å²) in [7, 11) is 0. The quantitative estimate of drug-likeness (QED) is 0.847. The Hall–Kier alpha value is -2.08. The number of hydrogen-bond acceptors (Lipinski definition) is 5. The first-order valence-corrected chi connectivity index (χ1v) is 10.4. The van der Waals surface area contributed by atoms with Gasteiger partial charge in [-0.3, -0.25) is 9.69 Å². The third kappa shape index (κ3) is 4.10. The summed E-state index contributed by atoms with van der Waals surface area (Å²) < 4.78 is 5.86. The fourth-order valence-electron chi connectivity index (χ4n) is 4.33. The van der Waals surface area contributed by atoms with Gasteiger partial charge >= 0.3 is 0 Å². The van der Waals surface area contributed by atoms with Gasteiger partial charge in [0.2, 0.25) is 5.91 Å². The Morgan fingerprint density at radius 1 is 1.22 bits per heavy atom. The largest absolute Gasteiger partial charge is 0.423 e. The van der Waals surface area contributed by atoms with E-state index in [0.717, 1.165) is 50.0 Å². The molecule has 1 N–H and O–H groups in total. The Kier molecular flexibility index (Phi) is 5.62. The van der Waals surface area contributed by atoms with E-state index in [1.807, 2.05) is 24.3 Å². The number of hydrogen-bond donors (Lipinski definition) is 1. The van der Waals surface area contributed by atoms with Crippen LogP contribution in [-0.2, 0) is 4.79 Å². The molecule has 0 radical (unpaired) electrons. The number of fused-ring (bicyclic) bond motifs is 1. The van der Waals surface area contributed by atoms with Crippen LogP contribution in [0.1, 0.15) is 39.0 Å². The number of anilines is 1. The lowest BCUT2D eigenvalue weighted by Gasteiger charge is -2.31. The second-order valence-electron chi connectivity index (χ2n) is 7.78. The molecule has 1 amide bonds. The monoisotopic (exact) mass is 370 g/mol. The fourth-order valence-corrected chi connectivity index (χ4v) is 4.33. The number of carbonyl (C=O) groups is 1. The molecule has 6 heteroatoms. The average Bonchev–Trinajstić information content (AvgIpc) is 3.38. The molecule has 1 aromatic carbocycles. The van der Waals surface area contributed by atoms with E-state index < -0.39 is 0 Å². The smallest absolute Gasteiger partial charge is 0.298 e. The molecule has 3 heterocycles. The van der Waals surface area contributed by atoms with Crippen LogP contribution >= 0.6 is 0 Å². The van der Waals surface area contributed by atoms with E-state index in [0.29, 0.717) is 12.1 Å². The third-order valence-corrected chi connectivity index (χ3v) is 6.06. The number of piperidine rings is 1. The van der Waals surface area contributed by atoms with E-state index in [1.54, 1.807) is 0 Å². The lowest BCUT2D eigenvalue weighted by atomic mass is 9.96. The van der Waals surface area contributed by atoms with Crippen LogP contribution < -0.4 is 10.2 Å². The van der Waals surface area contributed by atoms with E-state index in [1.165, 1.54) is 25.9 Å². The van der Waals surface area contributed by atoms with Gasteiger partial charge in [0.25, 0.3) is 6.01 Å². The molecule has 2 aliphatic rings. The van der Waals surface area contributed by atoms with Crippen molar-refractivity contribution < 1.29 is 9.21 Å². The fraction of sp³-hybridized carbons (Fsp3) is 0.619. The lowest BCUT2D eigenvalue weighted by molar-refractivity contribution is -0.125. The number of carbonyl (C=O) groups excluding carboxylic acids is 1. The molecular formula is C21H30N4O2. The Bertz CT molecular complexity index is 727. The van der Waals surface area contributed by atoms with Crippen molar-refractivity contribution >= 4 is 23.0 Å². The van der Waals surface area contributed by atoms with E-state index in [9.17, 15) is 4.79 Å². The summed E-state index contributed by atoms with van der Waals surface area (Å²) in [6.45, 7) is 6.98. The molecule has 1 aromatic heterocycles. The second kappa shape index (κ2) is 8.30. The van der Waals surface area contributed by atoms with Gasteiger partial charge in [-0.15, -0.1) is 0 Å². The van der Waals surface area contributed by atoms with E-state index in [-0.39, 0.29) is 11.8 Å². The maximum Gasteiger partial charge on any atom is 0.298 e. The molecule has 2 saturated heterocycles. The van der Waals surface area contributed by atoms with Gasteiger partial charge in [-0.25, -0.2) is 0 Å². The number of nitrogens with one attached hydrogen (secondary N) is 1. The highest BCUT2D eigenvalue weighted by Crippen LogP contribution is 2.26. The molecule has 0 spiro atoms. The topological polar surface area (TPSA) is 61.6 Å². The summed E-state index contributed by atoms with van der Waals surface area (Å²) in [5, 5.41) is 3.22. The van der Waals surface area contributed by atoms with Crippen molar-refractivity contribution in [1.29, 1.82) is 0 Å². The van der Waals surface area contributed by atoms with Crippen molar-refractivity contribution in [2.24, 2.45) is 5.92 Å². The summed E-state index contributed by atoms with van der Waals surface area (Å²) >= 11 is 0. The molecule has 27 heavy (non-hydrogen) atoms. The average molecular weight is 370 g/mol. The Labute approximate surface area is 160 Å². The molecular weight excluding hydrogens is 340 g/mol. The minimum Gasteiger partial charge on any atom is -0.423 e. The minimum atomic E-state index is 0.0988. The molecule has 146 valence electrons.